The van der Waals surface area contributed by atoms with Gasteiger partial charge >= 0.3 is 0 Å². The summed E-state index contributed by atoms with van der Waals surface area (Å²) in [5.74, 6) is 0.166. The van der Waals surface area contributed by atoms with E-state index in [1.54, 1.807) is 0 Å². The van der Waals surface area contributed by atoms with E-state index in [-0.39, 0.29) is 12.0 Å². The quantitative estimate of drug-likeness (QED) is 0.587. The van der Waals surface area contributed by atoms with Crippen LogP contribution < -0.4 is 0 Å². The number of nitrogens with zero attached hydrogens (tertiary/aromatic N) is 2. The fourth-order valence-electron chi connectivity index (χ4n) is 1.52. The average Bonchev–Trinajstić information content (AvgIpc) is 1.98. The predicted octanol–water partition coefficient (Wildman–Crippen LogP) is 0.213. The van der Waals surface area contributed by atoms with Crippen LogP contribution in [-0.2, 0) is 0 Å². The third kappa shape index (κ3) is 2.18. The molecule has 62 valence electrons. The highest BCUT2D eigenvalue weighted by Gasteiger charge is 2.25. The van der Waals surface area contributed by atoms with Crippen molar-refractivity contribution in [3.63, 3.8) is 0 Å². The minimum absolute atomic E-state index is 0.166. The molecule has 0 aromatic rings. The summed E-state index contributed by atoms with van der Waals surface area (Å²) >= 11 is 0. The number of rotatable bonds is 1. The van der Waals surface area contributed by atoms with E-state index in [0.29, 0.717) is 6.42 Å². The molecule has 0 aliphatic carbocycles. The van der Waals surface area contributed by atoms with Crippen LogP contribution in [0.25, 0.3) is 0 Å². The third-order valence-electron chi connectivity index (χ3n) is 2.25. The van der Waals surface area contributed by atoms with Crippen LogP contribution in [0.5, 0.6) is 0 Å². The number of nitriles is 1. The third-order valence-corrected chi connectivity index (χ3v) is 2.25. The van der Waals surface area contributed by atoms with Crippen LogP contribution in [0.3, 0.4) is 0 Å². The topological polar surface area (TPSA) is 47.3 Å². The SMILES string of the molecule is CN1CC[C@H](O)[C@@H](CC#N)C1. The molecular formula is C8H14N2O. The Bertz CT molecular complexity index is 164. The highest BCUT2D eigenvalue weighted by atomic mass is 16.3. The lowest BCUT2D eigenvalue weighted by Crippen LogP contribution is -2.40. The molecule has 1 saturated heterocycles. The lowest BCUT2D eigenvalue weighted by Gasteiger charge is -2.32. The van der Waals surface area contributed by atoms with Gasteiger partial charge in [-0.15, -0.1) is 0 Å². The van der Waals surface area contributed by atoms with Gasteiger partial charge in [-0.3, -0.25) is 0 Å². The maximum atomic E-state index is 9.44. The van der Waals surface area contributed by atoms with Crippen LogP contribution >= 0.6 is 0 Å². The second-order valence-corrected chi connectivity index (χ2v) is 3.24. The highest BCUT2D eigenvalue weighted by Crippen LogP contribution is 2.18. The summed E-state index contributed by atoms with van der Waals surface area (Å²) in [6.45, 7) is 1.80. The molecule has 0 unspecified atom stereocenters. The van der Waals surface area contributed by atoms with Crippen LogP contribution in [-0.4, -0.2) is 36.2 Å². The largest absolute Gasteiger partial charge is 0.393 e. The molecule has 0 amide bonds. The van der Waals surface area contributed by atoms with E-state index in [2.05, 4.69) is 11.0 Å². The Morgan fingerprint density at radius 2 is 2.45 bits per heavy atom. The summed E-state index contributed by atoms with van der Waals surface area (Å²) in [4.78, 5) is 2.16. The van der Waals surface area contributed by atoms with E-state index < -0.39 is 0 Å². The smallest absolute Gasteiger partial charge is 0.0626 e. The lowest BCUT2D eigenvalue weighted by molar-refractivity contribution is 0.0386. The van der Waals surface area contributed by atoms with Gasteiger partial charge < -0.3 is 10.0 Å². The van der Waals surface area contributed by atoms with Crippen molar-refractivity contribution in [1.82, 2.24) is 4.90 Å². The summed E-state index contributed by atoms with van der Waals surface area (Å²) in [6, 6.07) is 2.10. The molecule has 0 saturated carbocycles. The van der Waals surface area contributed by atoms with Crippen molar-refractivity contribution in [2.45, 2.75) is 18.9 Å². The Morgan fingerprint density at radius 1 is 1.73 bits per heavy atom. The fraction of sp³-hybridized carbons (Fsp3) is 0.875. The molecule has 1 fully saturated rings. The Labute approximate surface area is 67.2 Å². The monoisotopic (exact) mass is 154 g/mol. The number of likely N-dealkylation sites (tertiary alicyclic amines) is 1. The van der Waals surface area contributed by atoms with Crippen molar-refractivity contribution < 1.29 is 5.11 Å². The maximum absolute atomic E-state index is 9.44. The first-order valence-corrected chi connectivity index (χ1v) is 3.97. The van der Waals surface area contributed by atoms with Gasteiger partial charge in [0, 0.05) is 25.4 Å². The van der Waals surface area contributed by atoms with E-state index >= 15 is 0 Å². The standard InChI is InChI=1S/C8H14N2O/c1-10-5-3-8(11)7(6-10)2-4-9/h7-8,11H,2-3,5-6H2,1H3/t7-,8-/m0/s1. The highest BCUT2D eigenvalue weighted by molar-refractivity contribution is 4.85. The van der Waals surface area contributed by atoms with Crippen molar-refractivity contribution in [2.24, 2.45) is 5.92 Å². The molecule has 0 aromatic heterocycles. The molecule has 3 heteroatoms. The molecule has 11 heavy (non-hydrogen) atoms. The van der Waals surface area contributed by atoms with Crippen molar-refractivity contribution in [1.29, 1.82) is 5.26 Å². The first kappa shape index (κ1) is 8.51. The van der Waals surface area contributed by atoms with Crippen LogP contribution in [0.15, 0.2) is 0 Å². The zero-order chi connectivity index (χ0) is 8.27. The van der Waals surface area contributed by atoms with Gasteiger partial charge in [-0.2, -0.15) is 5.26 Å². The summed E-state index contributed by atoms with van der Waals surface area (Å²) in [5.41, 5.74) is 0. The molecule has 1 heterocycles. The van der Waals surface area contributed by atoms with E-state index in [1.807, 2.05) is 7.05 Å². The fourth-order valence-corrected chi connectivity index (χ4v) is 1.52. The molecule has 1 rings (SSSR count). The molecule has 2 atom stereocenters. The Hall–Kier alpha value is -0.590. The number of aliphatic hydroxyl groups excluding tert-OH is 1. The van der Waals surface area contributed by atoms with Crippen molar-refractivity contribution >= 4 is 0 Å². The Kier molecular flexibility index (Phi) is 2.86. The second-order valence-electron chi connectivity index (χ2n) is 3.24. The molecule has 1 N–H and O–H groups in total. The number of aliphatic hydroxyl groups is 1. The minimum atomic E-state index is -0.258. The molecular weight excluding hydrogens is 140 g/mol. The predicted molar refractivity (Wildman–Crippen MR) is 41.8 cm³/mol. The van der Waals surface area contributed by atoms with Crippen LogP contribution in [0.1, 0.15) is 12.8 Å². The minimum Gasteiger partial charge on any atom is -0.393 e. The van der Waals surface area contributed by atoms with Gasteiger partial charge in [0.15, 0.2) is 0 Å². The van der Waals surface area contributed by atoms with Gasteiger partial charge in [0.2, 0.25) is 0 Å². The Morgan fingerprint density at radius 3 is 3.09 bits per heavy atom. The zero-order valence-corrected chi connectivity index (χ0v) is 6.82. The van der Waals surface area contributed by atoms with Crippen LogP contribution in [0.4, 0.5) is 0 Å². The Balaban J connectivity index is 2.42. The number of hydrogen-bond donors (Lipinski definition) is 1. The lowest BCUT2D eigenvalue weighted by atomic mass is 9.93. The van der Waals surface area contributed by atoms with Crippen molar-refractivity contribution in [3.05, 3.63) is 0 Å². The average molecular weight is 154 g/mol. The molecule has 0 radical (unpaired) electrons. The van der Waals surface area contributed by atoms with Crippen molar-refractivity contribution in [2.75, 3.05) is 20.1 Å². The van der Waals surface area contributed by atoms with Gasteiger partial charge in [-0.1, -0.05) is 0 Å². The van der Waals surface area contributed by atoms with Gasteiger partial charge in [0.1, 0.15) is 0 Å². The molecule has 0 bridgehead atoms. The van der Waals surface area contributed by atoms with Crippen LogP contribution in [0, 0.1) is 17.2 Å². The van der Waals surface area contributed by atoms with Crippen molar-refractivity contribution in [3.8, 4) is 6.07 Å². The first-order chi connectivity index (χ1) is 5.24. The first-order valence-electron chi connectivity index (χ1n) is 3.97. The van der Waals surface area contributed by atoms with Crippen LogP contribution in [0.2, 0.25) is 0 Å². The van der Waals surface area contributed by atoms with E-state index in [0.717, 1.165) is 19.5 Å². The van der Waals surface area contributed by atoms with Gasteiger partial charge in [0.25, 0.3) is 0 Å². The summed E-state index contributed by atoms with van der Waals surface area (Å²) in [6.07, 6.45) is 1.03. The maximum Gasteiger partial charge on any atom is 0.0626 e. The molecule has 0 aromatic carbocycles. The van der Waals surface area contributed by atoms with Gasteiger partial charge in [-0.25, -0.2) is 0 Å². The summed E-state index contributed by atoms with van der Waals surface area (Å²) in [7, 11) is 2.02. The normalized spacial score (nSPS) is 33.2. The van der Waals surface area contributed by atoms with Gasteiger partial charge in [-0.05, 0) is 13.5 Å². The van der Waals surface area contributed by atoms with E-state index in [1.165, 1.54) is 0 Å². The molecule has 0 spiro atoms. The van der Waals surface area contributed by atoms with E-state index in [4.69, 9.17) is 5.26 Å². The zero-order valence-electron chi connectivity index (χ0n) is 6.82. The molecule has 1 aliphatic heterocycles. The number of piperidine rings is 1. The van der Waals surface area contributed by atoms with Gasteiger partial charge in [0.05, 0.1) is 12.2 Å². The number of hydrogen-bond acceptors (Lipinski definition) is 3. The summed E-state index contributed by atoms with van der Waals surface area (Å²) < 4.78 is 0. The van der Waals surface area contributed by atoms with E-state index in [9.17, 15) is 5.11 Å². The molecule has 3 nitrogen and oxygen atoms in total. The molecule has 1 aliphatic rings. The summed E-state index contributed by atoms with van der Waals surface area (Å²) in [5, 5.41) is 17.9. The second kappa shape index (κ2) is 3.70.